The second kappa shape index (κ2) is 5.41. The number of amides is 1. The van der Waals surface area contributed by atoms with Crippen molar-refractivity contribution in [1.82, 2.24) is 5.43 Å². The lowest BCUT2D eigenvalue weighted by atomic mass is 10.1. The second-order valence-electron chi connectivity index (χ2n) is 2.96. The normalized spacial score (nSPS) is 11.2. The minimum atomic E-state index is -0.257. The van der Waals surface area contributed by atoms with E-state index in [4.69, 9.17) is 5.73 Å². The maximum atomic E-state index is 11.5. The summed E-state index contributed by atoms with van der Waals surface area (Å²) < 4.78 is 0. The van der Waals surface area contributed by atoms with E-state index in [1.165, 1.54) is 11.8 Å². The average Bonchev–Trinajstić information content (AvgIpc) is 2.26. The molecular weight excluding hydrogens is 210 g/mol. The summed E-state index contributed by atoms with van der Waals surface area (Å²) in [7, 11) is 0. The van der Waals surface area contributed by atoms with Crippen LogP contribution in [0.5, 0.6) is 0 Å². The van der Waals surface area contributed by atoms with Crippen LogP contribution in [0.15, 0.2) is 29.4 Å². The Labute approximate surface area is 92.9 Å². The van der Waals surface area contributed by atoms with E-state index in [0.29, 0.717) is 10.7 Å². The highest BCUT2D eigenvalue weighted by atomic mass is 32.2. The lowest BCUT2D eigenvalue weighted by Crippen LogP contribution is -2.21. The van der Waals surface area contributed by atoms with E-state index in [0.717, 1.165) is 5.56 Å². The zero-order valence-electron chi connectivity index (χ0n) is 8.65. The zero-order valence-corrected chi connectivity index (χ0v) is 9.47. The van der Waals surface area contributed by atoms with Crippen LogP contribution >= 0.6 is 11.8 Å². The van der Waals surface area contributed by atoms with E-state index >= 15 is 0 Å². The fourth-order valence-electron chi connectivity index (χ4n) is 0.921. The van der Waals surface area contributed by atoms with E-state index in [1.54, 1.807) is 18.4 Å². The SMILES string of the molecule is CS/C(N)=N/NC(=O)c1ccc(C)cc1. The van der Waals surface area contributed by atoms with E-state index in [1.807, 2.05) is 19.1 Å². The molecule has 0 bridgehead atoms. The van der Waals surface area contributed by atoms with Gasteiger partial charge >= 0.3 is 0 Å². The number of amidine groups is 1. The first-order valence-corrected chi connectivity index (χ1v) is 5.60. The number of benzene rings is 1. The van der Waals surface area contributed by atoms with Crippen molar-refractivity contribution in [2.45, 2.75) is 6.92 Å². The number of rotatable bonds is 2. The average molecular weight is 223 g/mol. The Morgan fingerprint density at radius 1 is 1.40 bits per heavy atom. The molecule has 0 fully saturated rings. The van der Waals surface area contributed by atoms with Gasteiger partial charge in [0.25, 0.3) is 5.91 Å². The first-order valence-electron chi connectivity index (χ1n) is 4.37. The molecule has 1 rings (SSSR count). The highest BCUT2D eigenvalue weighted by Gasteiger charge is 2.03. The fourth-order valence-corrected chi connectivity index (χ4v) is 1.06. The standard InChI is InChI=1S/C10H13N3OS/c1-7-3-5-8(6-4-7)9(14)12-13-10(11)15-2/h3-6H,1-2H3,(H2,11,13)(H,12,14). The van der Waals surface area contributed by atoms with Gasteiger partial charge < -0.3 is 5.73 Å². The van der Waals surface area contributed by atoms with Gasteiger partial charge in [0.05, 0.1) is 0 Å². The van der Waals surface area contributed by atoms with Crippen molar-refractivity contribution in [2.75, 3.05) is 6.26 Å². The van der Waals surface area contributed by atoms with Crippen molar-refractivity contribution in [2.24, 2.45) is 10.8 Å². The molecule has 4 nitrogen and oxygen atoms in total. The summed E-state index contributed by atoms with van der Waals surface area (Å²) in [6, 6.07) is 7.23. The Bertz CT molecular complexity index is 373. The van der Waals surface area contributed by atoms with Gasteiger partial charge in [-0.1, -0.05) is 29.5 Å². The number of hydrogen-bond donors (Lipinski definition) is 2. The number of thioether (sulfide) groups is 1. The second-order valence-corrected chi connectivity index (χ2v) is 3.79. The number of carbonyl (C=O) groups is 1. The molecule has 0 aliphatic heterocycles. The molecular formula is C10H13N3OS. The quantitative estimate of drug-likeness (QED) is 0.451. The Balaban J connectivity index is 2.66. The molecule has 0 atom stereocenters. The molecule has 0 saturated carbocycles. The first kappa shape index (κ1) is 11.6. The summed E-state index contributed by atoms with van der Waals surface area (Å²) in [4.78, 5) is 11.5. The number of nitrogens with two attached hydrogens (primary N) is 1. The molecule has 15 heavy (non-hydrogen) atoms. The highest BCUT2D eigenvalue weighted by molar-refractivity contribution is 8.13. The minimum absolute atomic E-state index is 0.257. The van der Waals surface area contributed by atoms with E-state index in [2.05, 4.69) is 10.5 Å². The lowest BCUT2D eigenvalue weighted by molar-refractivity contribution is 0.0955. The summed E-state index contributed by atoms with van der Waals surface area (Å²) in [5.74, 6) is -0.257. The van der Waals surface area contributed by atoms with Crippen molar-refractivity contribution in [1.29, 1.82) is 0 Å². The Morgan fingerprint density at radius 2 is 2.00 bits per heavy atom. The summed E-state index contributed by atoms with van der Waals surface area (Å²) >= 11 is 1.28. The molecule has 5 heteroatoms. The van der Waals surface area contributed by atoms with Gasteiger partial charge in [0.15, 0.2) is 5.17 Å². The molecule has 0 aliphatic carbocycles. The molecule has 0 saturated heterocycles. The van der Waals surface area contributed by atoms with E-state index in [9.17, 15) is 4.79 Å². The summed E-state index contributed by atoms with van der Waals surface area (Å²) in [6.45, 7) is 1.96. The highest BCUT2D eigenvalue weighted by Crippen LogP contribution is 2.02. The molecule has 1 aromatic rings. The molecule has 0 spiro atoms. The Morgan fingerprint density at radius 3 is 2.53 bits per heavy atom. The van der Waals surface area contributed by atoms with Gasteiger partial charge in [-0.2, -0.15) is 0 Å². The van der Waals surface area contributed by atoms with Crippen LogP contribution in [-0.2, 0) is 0 Å². The maximum Gasteiger partial charge on any atom is 0.271 e. The van der Waals surface area contributed by atoms with Crippen LogP contribution in [0.3, 0.4) is 0 Å². The zero-order chi connectivity index (χ0) is 11.3. The first-order chi connectivity index (χ1) is 7.13. The summed E-state index contributed by atoms with van der Waals surface area (Å²) in [5, 5.41) is 4.03. The minimum Gasteiger partial charge on any atom is -0.377 e. The molecule has 0 unspecified atom stereocenters. The topological polar surface area (TPSA) is 67.5 Å². The van der Waals surface area contributed by atoms with E-state index in [-0.39, 0.29) is 5.91 Å². The summed E-state index contributed by atoms with van der Waals surface area (Å²) in [5.41, 5.74) is 9.47. The molecule has 1 aromatic carbocycles. The van der Waals surface area contributed by atoms with Gasteiger partial charge in [0.1, 0.15) is 0 Å². The van der Waals surface area contributed by atoms with Crippen LogP contribution in [0.2, 0.25) is 0 Å². The third kappa shape index (κ3) is 3.63. The number of nitrogens with one attached hydrogen (secondary N) is 1. The van der Waals surface area contributed by atoms with Gasteiger partial charge in [0, 0.05) is 5.56 Å². The van der Waals surface area contributed by atoms with Crippen molar-refractivity contribution < 1.29 is 4.79 Å². The van der Waals surface area contributed by atoms with Crippen LogP contribution < -0.4 is 11.2 Å². The largest absolute Gasteiger partial charge is 0.377 e. The summed E-state index contributed by atoms with van der Waals surface area (Å²) in [6.07, 6.45) is 1.79. The number of nitrogens with zero attached hydrogens (tertiary/aromatic N) is 1. The third-order valence-corrected chi connectivity index (χ3v) is 2.30. The van der Waals surface area contributed by atoms with Crippen LogP contribution in [0.1, 0.15) is 15.9 Å². The van der Waals surface area contributed by atoms with Crippen molar-refractivity contribution in [3.05, 3.63) is 35.4 Å². The number of hydrazone groups is 1. The number of aryl methyl sites for hydroxylation is 1. The molecule has 3 N–H and O–H groups in total. The van der Waals surface area contributed by atoms with Gasteiger partial charge in [0.2, 0.25) is 0 Å². The molecule has 0 radical (unpaired) electrons. The van der Waals surface area contributed by atoms with Crippen molar-refractivity contribution >= 4 is 22.8 Å². The predicted molar refractivity (Wildman–Crippen MR) is 63.8 cm³/mol. The van der Waals surface area contributed by atoms with Crippen LogP contribution in [0.4, 0.5) is 0 Å². The van der Waals surface area contributed by atoms with Gasteiger partial charge in [-0.15, -0.1) is 5.10 Å². The van der Waals surface area contributed by atoms with Gasteiger partial charge in [-0.25, -0.2) is 5.43 Å². The smallest absolute Gasteiger partial charge is 0.271 e. The molecule has 0 aliphatic rings. The van der Waals surface area contributed by atoms with Crippen LogP contribution in [0.25, 0.3) is 0 Å². The lowest BCUT2D eigenvalue weighted by Gasteiger charge is -2.01. The van der Waals surface area contributed by atoms with Crippen molar-refractivity contribution in [3.63, 3.8) is 0 Å². The molecule has 1 amide bonds. The van der Waals surface area contributed by atoms with Crippen LogP contribution in [0, 0.1) is 6.92 Å². The van der Waals surface area contributed by atoms with E-state index < -0.39 is 0 Å². The number of carbonyl (C=O) groups excluding carboxylic acids is 1. The monoisotopic (exact) mass is 223 g/mol. The number of hydrogen-bond acceptors (Lipinski definition) is 3. The maximum absolute atomic E-state index is 11.5. The third-order valence-electron chi connectivity index (χ3n) is 1.79. The fraction of sp³-hybridized carbons (Fsp3) is 0.200. The van der Waals surface area contributed by atoms with Gasteiger partial charge in [-0.05, 0) is 25.3 Å². The van der Waals surface area contributed by atoms with Gasteiger partial charge in [-0.3, -0.25) is 4.79 Å². The van der Waals surface area contributed by atoms with Crippen LogP contribution in [-0.4, -0.2) is 17.3 Å². The molecule has 80 valence electrons. The Kier molecular flexibility index (Phi) is 4.17. The molecule has 0 heterocycles. The molecule has 0 aromatic heterocycles. The van der Waals surface area contributed by atoms with Crippen molar-refractivity contribution in [3.8, 4) is 0 Å². The predicted octanol–water partition coefficient (Wildman–Crippen LogP) is 1.32. The Hall–Kier alpha value is -1.49.